The summed E-state index contributed by atoms with van der Waals surface area (Å²) in [5.41, 5.74) is -1.67. The van der Waals surface area contributed by atoms with Crippen molar-refractivity contribution in [2.24, 2.45) is 12.5 Å². The lowest BCUT2D eigenvalue weighted by Crippen LogP contribution is -2.34. The van der Waals surface area contributed by atoms with E-state index >= 15 is 0 Å². The number of hydrogen-bond acceptors (Lipinski definition) is 4. The van der Waals surface area contributed by atoms with Crippen molar-refractivity contribution in [1.82, 2.24) is 14.7 Å². The number of nitrogens with zero attached hydrogens (tertiary/aromatic N) is 3. The van der Waals surface area contributed by atoms with Gasteiger partial charge in [-0.25, -0.2) is 0 Å². The Morgan fingerprint density at radius 1 is 1.29 bits per heavy atom. The van der Waals surface area contributed by atoms with Crippen LogP contribution in [-0.2, 0) is 13.5 Å². The van der Waals surface area contributed by atoms with Gasteiger partial charge in [-0.15, -0.1) is 0 Å². The van der Waals surface area contributed by atoms with Crippen LogP contribution < -0.4 is 5.56 Å². The lowest BCUT2D eigenvalue weighted by atomic mass is 9.88. The standard InChI is InChI=1S/C13H14F3N3O2/c1-12(2,13(14,15)16)6-9-17-11(18-21-9)8-4-5-10(20)19(3)7-8/h4-5,7H,6H2,1-3H3. The second-order valence-electron chi connectivity index (χ2n) is 5.44. The Morgan fingerprint density at radius 2 is 1.95 bits per heavy atom. The molecule has 0 radical (unpaired) electrons. The van der Waals surface area contributed by atoms with E-state index in [2.05, 4.69) is 10.1 Å². The zero-order valence-electron chi connectivity index (χ0n) is 11.7. The van der Waals surface area contributed by atoms with E-state index in [1.54, 1.807) is 7.05 Å². The summed E-state index contributed by atoms with van der Waals surface area (Å²) >= 11 is 0. The van der Waals surface area contributed by atoms with Crippen LogP contribution in [0.3, 0.4) is 0 Å². The van der Waals surface area contributed by atoms with Gasteiger partial charge in [-0.1, -0.05) is 19.0 Å². The minimum Gasteiger partial charge on any atom is -0.339 e. The van der Waals surface area contributed by atoms with Gasteiger partial charge in [-0.3, -0.25) is 4.79 Å². The highest BCUT2D eigenvalue weighted by Gasteiger charge is 2.48. The molecule has 0 bridgehead atoms. The maximum absolute atomic E-state index is 12.8. The minimum absolute atomic E-state index is 0.0961. The highest BCUT2D eigenvalue weighted by atomic mass is 19.4. The molecule has 0 amide bonds. The Labute approximate surface area is 118 Å². The van der Waals surface area contributed by atoms with Crippen LogP contribution in [0.1, 0.15) is 19.7 Å². The number of pyridine rings is 1. The van der Waals surface area contributed by atoms with Gasteiger partial charge in [0, 0.05) is 31.3 Å². The maximum atomic E-state index is 12.8. The fraction of sp³-hybridized carbons (Fsp3) is 0.462. The molecule has 2 heterocycles. The van der Waals surface area contributed by atoms with Gasteiger partial charge < -0.3 is 9.09 Å². The van der Waals surface area contributed by atoms with Gasteiger partial charge in [0.05, 0.1) is 5.41 Å². The molecule has 0 saturated heterocycles. The van der Waals surface area contributed by atoms with Crippen molar-refractivity contribution in [1.29, 1.82) is 0 Å². The lowest BCUT2D eigenvalue weighted by Gasteiger charge is -2.25. The summed E-state index contributed by atoms with van der Waals surface area (Å²) < 4.78 is 44.7. The second kappa shape index (κ2) is 5.01. The Bertz CT molecular complexity index is 701. The smallest absolute Gasteiger partial charge is 0.339 e. The second-order valence-corrected chi connectivity index (χ2v) is 5.44. The molecule has 0 N–H and O–H groups in total. The molecule has 21 heavy (non-hydrogen) atoms. The van der Waals surface area contributed by atoms with Crippen LogP contribution in [0, 0.1) is 5.41 Å². The first-order chi connectivity index (χ1) is 9.60. The fourth-order valence-electron chi connectivity index (χ4n) is 1.65. The summed E-state index contributed by atoms with van der Waals surface area (Å²) in [6.07, 6.45) is -3.28. The molecular weight excluding hydrogens is 287 g/mol. The van der Waals surface area contributed by atoms with Crippen molar-refractivity contribution < 1.29 is 17.7 Å². The van der Waals surface area contributed by atoms with Gasteiger partial charge in [-0.05, 0) is 6.07 Å². The molecule has 2 aromatic heterocycles. The predicted molar refractivity (Wildman–Crippen MR) is 68.5 cm³/mol. The van der Waals surface area contributed by atoms with Crippen LogP contribution in [0.15, 0.2) is 27.6 Å². The summed E-state index contributed by atoms with van der Waals surface area (Å²) in [7, 11) is 1.56. The molecule has 0 aromatic carbocycles. The topological polar surface area (TPSA) is 60.9 Å². The van der Waals surface area contributed by atoms with E-state index in [-0.39, 0.29) is 17.3 Å². The zero-order valence-corrected chi connectivity index (χ0v) is 11.7. The third-order valence-corrected chi connectivity index (χ3v) is 3.17. The summed E-state index contributed by atoms with van der Waals surface area (Å²) in [4.78, 5) is 15.2. The summed E-state index contributed by atoms with van der Waals surface area (Å²) in [6, 6.07) is 2.82. The van der Waals surface area contributed by atoms with E-state index in [9.17, 15) is 18.0 Å². The van der Waals surface area contributed by atoms with Crippen molar-refractivity contribution >= 4 is 0 Å². The highest BCUT2D eigenvalue weighted by Crippen LogP contribution is 2.39. The summed E-state index contributed by atoms with van der Waals surface area (Å²) in [5, 5.41) is 3.65. The molecule has 0 aliphatic rings. The molecule has 2 rings (SSSR count). The Hall–Kier alpha value is -2.12. The van der Waals surface area contributed by atoms with Gasteiger partial charge in [-0.2, -0.15) is 18.2 Å². The SMILES string of the molecule is Cn1cc(-c2noc(CC(C)(C)C(F)(F)F)n2)ccc1=O. The molecule has 2 aromatic rings. The molecule has 5 nitrogen and oxygen atoms in total. The molecule has 8 heteroatoms. The molecule has 0 unspecified atom stereocenters. The van der Waals surface area contributed by atoms with Gasteiger partial charge in [0.25, 0.3) is 0 Å². The normalized spacial score (nSPS) is 12.7. The zero-order chi connectivity index (χ0) is 15.8. The number of aromatic nitrogens is 3. The van der Waals surface area contributed by atoms with Crippen LogP contribution in [0.4, 0.5) is 13.2 Å². The first-order valence-corrected chi connectivity index (χ1v) is 6.16. The van der Waals surface area contributed by atoms with Crippen LogP contribution in [0.2, 0.25) is 0 Å². The molecule has 0 atom stereocenters. The van der Waals surface area contributed by atoms with Crippen molar-refractivity contribution in [2.75, 3.05) is 0 Å². The molecule has 114 valence electrons. The monoisotopic (exact) mass is 301 g/mol. The fourth-order valence-corrected chi connectivity index (χ4v) is 1.65. The Morgan fingerprint density at radius 3 is 2.52 bits per heavy atom. The summed E-state index contributed by atoms with van der Waals surface area (Å²) in [6.45, 7) is 2.15. The van der Waals surface area contributed by atoms with Crippen LogP contribution in [-0.4, -0.2) is 20.9 Å². The number of halogens is 3. The van der Waals surface area contributed by atoms with Crippen molar-refractivity contribution in [3.63, 3.8) is 0 Å². The van der Waals surface area contributed by atoms with Crippen LogP contribution in [0.25, 0.3) is 11.4 Å². The van der Waals surface area contributed by atoms with E-state index in [1.165, 1.54) is 22.9 Å². The number of alkyl halides is 3. The minimum atomic E-state index is -4.36. The average molecular weight is 301 g/mol. The average Bonchev–Trinajstić information content (AvgIpc) is 2.79. The number of rotatable bonds is 3. The number of aryl methyl sites for hydroxylation is 1. The van der Waals surface area contributed by atoms with Crippen molar-refractivity contribution in [3.8, 4) is 11.4 Å². The lowest BCUT2D eigenvalue weighted by molar-refractivity contribution is -0.212. The molecule has 0 spiro atoms. The molecular formula is C13H14F3N3O2. The van der Waals surface area contributed by atoms with Crippen molar-refractivity contribution in [2.45, 2.75) is 26.4 Å². The van der Waals surface area contributed by atoms with Gasteiger partial charge in [0.1, 0.15) is 0 Å². The predicted octanol–water partition coefficient (Wildman–Crippen LogP) is 2.57. The maximum Gasteiger partial charge on any atom is 0.394 e. The Balaban J connectivity index is 2.26. The molecule has 0 fully saturated rings. The van der Waals surface area contributed by atoms with E-state index in [0.717, 1.165) is 13.8 Å². The van der Waals surface area contributed by atoms with Gasteiger partial charge >= 0.3 is 6.18 Å². The third-order valence-electron chi connectivity index (χ3n) is 3.17. The van der Waals surface area contributed by atoms with Crippen LogP contribution in [0.5, 0.6) is 0 Å². The summed E-state index contributed by atoms with van der Waals surface area (Å²) in [5.74, 6) is 0.0553. The van der Waals surface area contributed by atoms with Gasteiger partial charge in [0.2, 0.25) is 17.3 Å². The molecule has 0 saturated carbocycles. The van der Waals surface area contributed by atoms with Crippen LogP contribution >= 0.6 is 0 Å². The van der Waals surface area contributed by atoms with Gasteiger partial charge in [0.15, 0.2) is 0 Å². The number of hydrogen-bond donors (Lipinski definition) is 0. The van der Waals surface area contributed by atoms with E-state index in [1.807, 2.05) is 0 Å². The highest BCUT2D eigenvalue weighted by molar-refractivity contribution is 5.52. The largest absolute Gasteiger partial charge is 0.394 e. The Kier molecular flexibility index (Phi) is 3.65. The third kappa shape index (κ3) is 3.14. The molecule has 0 aliphatic carbocycles. The molecule has 0 aliphatic heterocycles. The van der Waals surface area contributed by atoms with Crippen molar-refractivity contribution in [3.05, 3.63) is 34.6 Å². The van der Waals surface area contributed by atoms with E-state index in [4.69, 9.17) is 4.52 Å². The van der Waals surface area contributed by atoms with E-state index < -0.39 is 18.0 Å². The first-order valence-electron chi connectivity index (χ1n) is 6.16. The first kappa shape index (κ1) is 15.3. The quantitative estimate of drug-likeness (QED) is 0.874. The van der Waals surface area contributed by atoms with E-state index in [0.29, 0.717) is 5.56 Å².